The van der Waals surface area contributed by atoms with E-state index in [9.17, 15) is 4.79 Å². The quantitative estimate of drug-likeness (QED) is 0.848. The number of amides is 1. The normalized spacial score (nSPS) is 18.8. The molecule has 0 saturated carbocycles. The van der Waals surface area contributed by atoms with Crippen LogP contribution in [0.2, 0.25) is 0 Å². The molecule has 24 heavy (non-hydrogen) atoms. The molecule has 0 aliphatic carbocycles. The Morgan fingerprint density at radius 2 is 2.04 bits per heavy atom. The van der Waals surface area contributed by atoms with Gasteiger partial charge in [-0.05, 0) is 12.0 Å². The summed E-state index contributed by atoms with van der Waals surface area (Å²) in [4.78, 5) is 21.0. The molecule has 1 amide bonds. The minimum absolute atomic E-state index is 0.118. The maximum atomic E-state index is 12.0. The van der Waals surface area contributed by atoms with Crippen molar-refractivity contribution in [1.82, 2.24) is 19.4 Å². The van der Waals surface area contributed by atoms with E-state index in [-0.39, 0.29) is 11.9 Å². The van der Waals surface area contributed by atoms with E-state index in [1.807, 2.05) is 29.3 Å². The molecule has 1 saturated heterocycles. The van der Waals surface area contributed by atoms with Crippen molar-refractivity contribution in [2.24, 2.45) is 0 Å². The van der Waals surface area contributed by atoms with Crippen LogP contribution in [0.4, 0.5) is 0 Å². The number of carbonyl (C=O) groups excluding carboxylic acids is 1. The van der Waals surface area contributed by atoms with E-state index >= 15 is 0 Å². The number of nitrogens with zero attached hydrogens (tertiary/aromatic N) is 4. The van der Waals surface area contributed by atoms with E-state index in [2.05, 4.69) is 39.7 Å². The number of piperazine rings is 1. The first-order chi connectivity index (χ1) is 11.7. The predicted molar refractivity (Wildman–Crippen MR) is 94.4 cm³/mol. The highest BCUT2D eigenvalue weighted by atomic mass is 16.2. The van der Waals surface area contributed by atoms with Gasteiger partial charge in [0.25, 0.3) is 0 Å². The summed E-state index contributed by atoms with van der Waals surface area (Å²) >= 11 is 0. The first-order valence-corrected chi connectivity index (χ1v) is 8.73. The topological polar surface area (TPSA) is 41.4 Å². The van der Waals surface area contributed by atoms with Crippen LogP contribution in [0, 0.1) is 0 Å². The molecule has 1 aromatic heterocycles. The zero-order valence-corrected chi connectivity index (χ0v) is 14.6. The fourth-order valence-corrected chi connectivity index (χ4v) is 3.46. The minimum atomic E-state index is 0.118. The van der Waals surface area contributed by atoms with Crippen LogP contribution in [0.25, 0.3) is 0 Å². The summed E-state index contributed by atoms with van der Waals surface area (Å²) in [5.41, 5.74) is 1.20. The molecular formula is C19H26N4O. The van der Waals surface area contributed by atoms with Crippen molar-refractivity contribution in [3.8, 4) is 0 Å². The van der Waals surface area contributed by atoms with Crippen molar-refractivity contribution in [1.29, 1.82) is 0 Å². The van der Waals surface area contributed by atoms with E-state index in [1.54, 1.807) is 6.92 Å². The number of hydrogen-bond donors (Lipinski definition) is 0. The van der Waals surface area contributed by atoms with E-state index < -0.39 is 0 Å². The molecule has 1 aliphatic heterocycles. The van der Waals surface area contributed by atoms with Gasteiger partial charge in [-0.15, -0.1) is 0 Å². The highest BCUT2D eigenvalue weighted by Gasteiger charge is 2.30. The number of aromatic nitrogens is 2. The summed E-state index contributed by atoms with van der Waals surface area (Å²) in [6, 6.07) is 10.4. The second-order valence-corrected chi connectivity index (χ2v) is 6.41. The lowest BCUT2D eigenvalue weighted by Crippen LogP contribution is -2.49. The lowest BCUT2D eigenvalue weighted by Gasteiger charge is -2.41. The molecule has 128 valence electrons. The Balaban J connectivity index is 1.75. The number of benzene rings is 1. The van der Waals surface area contributed by atoms with Gasteiger partial charge in [-0.1, -0.05) is 37.3 Å². The van der Waals surface area contributed by atoms with Gasteiger partial charge in [0.2, 0.25) is 5.91 Å². The molecule has 5 heteroatoms. The minimum Gasteiger partial charge on any atom is -0.334 e. The van der Waals surface area contributed by atoms with Crippen LogP contribution in [0.15, 0.2) is 42.7 Å². The Labute approximate surface area is 143 Å². The monoisotopic (exact) mass is 326 g/mol. The third-order valence-corrected chi connectivity index (χ3v) is 4.68. The summed E-state index contributed by atoms with van der Waals surface area (Å²) in [5, 5.41) is 0. The second-order valence-electron chi connectivity index (χ2n) is 6.41. The average molecular weight is 326 g/mol. The largest absolute Gasteiger partial charge is 0.334 e. The molecule has 1 atom stereocenters. The Kier molecular flexibility index (Phi) is 5.30. The number of hydrogen-bond acceptors (Lipinski definition) is 3. The molecule has 0 radical (unpaired) electrons. The predicted octanol–water partition coefficient (Wildman–Crippen LogP) is 2.70. The maximum Gasteiger partial charge on any atom is 0.220 e. The maximum absolute atomic E-state index is 12.0. The highest BCUT2D eigenvalue weighted by Crippen LogP contribution is 2.26. The highest BCUT2D eigenvalue weighted by molar-refractivity contribution is 5.74. The van der Waals surface area contributed by atoms with E-state index in [0.717, 1.165) is 45.0 Å². The van der Waals surface area contributed by atoms with Crippen LogP contribution >= 0.6 is 0 Å². The third-order valence-electron chi connectivity index (χ3n) is 4.68. The van der Waals surface area contributed by atoms with Crippen LogP contribution in [0.1, 0.15) is 37.7 Å². The molecule has 1 aliphatic rings. The van der Waals surface area contributed by atoms with Crippen molar-refractivity contribution >= 4 is 5.91 Å². The third kappa shape index (κ3) is 3.67. The molecule has 3 rings (SSSR count). The van der Waals surface area contributed by atoms with Crippen molar-refractivity contribution in [3.63, 3.8) is 0 Å². The number of aryl methyl sites for hydroxylation is 1. The molecule has 0 spiro atoms. The van der Waals surface area contributed by atoms with Gasteiger partial charge >= 0.3 is 0 Å². The van der Waals surface area contributed by atoms with E-state index in [0.29, 0.717) is 0 Å². The van der Waals surface area contributed by atoms with Gasteiger partial charge in [0.15, 0.2) is 0 Å². The first kappa shape index (κ1) is 16.7. The lowest BCUT2D eigenvalue weighted by molar-refractivity contribution is -0.134. The van der Waals surface area contributed by atoms with Gasteiger partial charge in [-0.3, -0.25) is 9.69 Å². The second kappa shape index (κ2) is 7.62. The Morgan fingerprint density at radius 1 is 1.25 bits per heavy atom. The molecule has 0 unspecified atom stereocenters. The Hall–Kier alpha value is -2.14. The van der Waals surface area contributed by atoms with Gasteiger partial charge in [-0.2, -0.15) is 0 Å². The number of imidazole rings is 1. The molecule has 0 bridgehead atoms. The van der Waals surface area contributed by atoms with Crippen molar-refractivity contribution in [2.45, 2.75) is 39.4 Å². The number of rotatable bonds is 5. The molecule has 2 heterocycles. The summed E-state index contributed by atoms with van der Waals surface area (Å²) in [6.07, 6.45) is 5.04. The van der Waals surface area contributed by atoms with Crippen molar-refractivity contribution in [3.05, 3.63) is 54.1 Å². The van der Waals surface area contributed by atoms with E-state index in [4.69, 9.17) is 0 Å². The molecule has 0 N–H and O–H groups in total. The number of carbonyl (C=O) groups is 1. The Morgan fingerprint density at radius 3 is 2.75 bits per heavy atom. The van der Waals surface area contributed by atoms with Gasteiger partial charge < -0.3 is 9.47 Å². The van der Waals surface area contributed by atoms with Crippen LogP contribution in [-0.4, -0.2) is 44.9 Å². The Bertz CT molecular complexity index is 667. The van der Waals surface area contributed by atoms with Crippen molar-refractivity contribution in [2.75, 3.05) is 19.6 Å². The zero-order valence-electron chi connectivity index (χ0n) is 14.6. The van der Waals surface area contributed by atoms with Crippen molar-refractivity contribution < 1.29 is 4.79 Å². The molecule has 1 aromatic carbocycles. The van der Waals surface area contributed by atoms with E-state index in [1.165, 1.54) is 5.56 Å². The zero-order chi connectivity index (χ0) is 16.9. The fraction of sp³-hybridized carbons (Fsp3) is 0.474. The van der Waals surface area contributed by atoms with Crippen LogP contribution in [0.3, 0.4) is 0 Å². The smallest absolute Gasteiger partial charge is 0.220 e. The lowest BCUT2D eigenvalue weighted by atomic mass is 10.0. The molecule has 5 nitrogen and oxygen atoms in total. The van der Waals surface area contributed by atoms with Gasteiger partial charge in [0.05, 0.1) is 12.6 Å². The molecule has 1 fully saturated rings. The van der Waals surface area contributed by atoms with Crippen LogP contribution < -0.4 is 0 Å². The standard InChI is InChI=1S/C19H26N4O/c1-3-10-22-11-9-20-19(22)15-21-12-13-23(16(2)24)18(14-21)17-7-5-4-6-8-17/h4-9,11,18H,3,10,12-15H2,1-2H3/t18-/m1/s1. The van der Waals surface area contributed by atoms with Crippen LogP contribution in [-0.2, 0) is 17.9 Å². The molecule has 2 aromatic rings. The van der Waals surface area contributed by atoms with Gasteiger partial charge in [-0.25, -0.2) is 4.98 Å². The van der Waals surface area contributed by atoms with Gasteiger partial charge in [0, 0.05) is 45.5 Å². The first-order valence-electron chi connectivity index (χ1n) is 8.73. The van der Waals surface area contributed by atoms with Gasteiger partial charge in [0.1, 0.15) is 5.82 Å². The fourth-order valence-electron chi connectivity index (χ4n) is 3.46. The average Bonchev–Trinajstić information content (AvgIpc) is 3.03. The summed E-state index contributed by atoms with van der Waals surface area (Å²) in [7, 11) is 0. The van der Waals surface area contributed by atoms with Crippen LogP contribution in [0.5, 0.6) is 0 Å². The molecular weight excluding hydrogens is 300 g/mol. The summed E-state index contributed by atoms with van der Waals surface area (Å²) in [6.45, 7) is 8.20. The summed E-state index contributed by atoms with van der Waals surface area (Å²) in [5.74, 6) is 1.26. The summed E-state index contributed by atoms with van der Waals surface area (Å²) < 4.78 is 2.23. The SMILES string of the molecule is CCCn1ccnc1CN1CCN(C(C)=O)[C@@H](c2ccccc2)C1.